The van der Waals surface area contributed by atoms with E-state index >= 15 is 0 Å². The number of carbonyl (C=O) groups is 3. The molecule has 1 aliphatic rings. The SMILES string of the molecule is CCNC(=O)CCCN1C(=O)c2ccccc2C1=O. The van der Waals surface area contributed by atoms with Crippen molar-refractivity contribution in [2.75, 3.05) is 13.1 Å². The van der Waals surface area contributed by atoms with Crippen LogP contribution >= 0.6 is 0 Å². The molecule has 0 atom stereocenters. The minimum absolute atomic E-state index is 0.0564. The second kappa shape index (κ2) is 5.65. The maximum atomic E-state index is 12.0. The number of nitrogens with one attached hydrogen (secondary N) is 1. The zero-order valence-electron chi connectivity index (χ0n) is 10.8. The highest BCUT2D eigenvalue weighted by atomic mass is 16.2. The molecule has 0 saturated heterocycles. The molecule has 0 bridgehead atoms. The number of nitrogens with zero attached hydrogens (tertiary/aromatic N) is 1. The van der Waals surface area contributed by atoms with Gasteiger partial charge in [-0.25, -0.2) is 0 Å². The van der Waals surface area contributed by atoms with Crippen LogP contribution in [0, 0.1) is 0 Å². The summed E-state index contributed by atoms with van der Waals surface area (Å²) in [7, 11) is 0. The summed E-state index contributed by atoms with van der Waals surface area (Å²) in [5, 5.41) is 2.68. The molecule has 0 unspecified atom stereocenters. The van der Waals surface area contributed by atoms with Gasteiger partial charge in [-0.2, -0.15) is 0 Å². The smallest absolute Gasteiger partial charge is 0.261 e. The van der Waals surface area contributed by atoms with Crippen LogP contribution in [-0.2, 0) is 4.79 Å². The van der Waals surface area contributed by atoms with Crippen LogP contribution in [-0.4, -0.2) is 35.7 Å². The lowest BCUT2D eigenvalue weighted by Crippen LogP contribution is -2.32. The zero-order valence-corrected chi connectivity index (χ0v) is 10.8. The molecule has 0 fully saturated rings. The highest BCUT2D eigenvalue weighted by molar-refractivity contribution is 6.21. The molecule has 0 aromatic heterocycles. The van der Waals surface area contributed by atoms with Crippen LogP contribution in [0.1, 0.15) is 40.5 Å². The van der Waals surface area contributed by atoms with Gasteiger partial charge in [0.05, 0.1) is 11.1 Å². The molecule has 0 saturated carbocycles. The highest BCUT2D eigenvalue weighted by Gasteiger charge is 2.34. The van der Waals surface area contributed by atoms with Crippen LogP contribution in [0.5, 0.6) is 0 Å². The average Bonchev–Trinajstić information content (AvgIpc) is 2.65. The van der Waals surface area contributed by atoms with Gasteiger partial charge in [-0.3, -0.25) is 19.3 Å². The number of hydrogen-bond donors (Lipinski definition) is 1. The zero-order chi connectivity index (χ0) is 13.8. The Morgan fingerprint density at radius 2 is 1.74 bits per heavy atom. The number of fused-ring (bicyclic) bond motifs is 1. The number of rotatable bonds is 5. The lowest BCUT2D eigenvalue weighted by atomic mass is 10.1. The fraction of sp³-hybridized carbons (Fsp3) is 0.357. The van der Waals surface area contributed by atoms with E-state index in [4.69, 9.17) is 0 Å². The third-order valence-electron chi connectivity index (χ3n) is 3.04. The van der Waals surface area contributed by atoms with E-state index in [0.29, 0.717) is 30.5 Å². The quantitative estimate of drug-likeness (QED) is 0.809. The first-order chi connectivity index (χ1) is 9.15. The maximum Gasteiger partial charge on any atom is 0.261 e. The van der Waals surface area contributed by atoms with Crippen LogP contribution in [0.25, 0.3) is 0 Å². The fourth-order valence-electron chi connectivity index (χ4n) is 2.13. The molecule has 19 heavy (non-hydrogen) atoms. The molecule has 2 rings (SSSR count). The molecule has 1 aromatic carbocycles. The number of hydrogen-bond acceptors (Lipinski definition) is 3. The van der Waals surface area contributed by atoms with Crippen molar-refractivity contribution in [3.05, 3.63) is 35.4 Å². The molecule has 100 valence electrons. The largest absolute Gasteiger partial charge is 0.356 e. The second-order valence-electron chi connectivity index (χ2n) is 4.36. The van der Waals surface area contributed by atoms with Gasteiger partial charge in [0.1, 0.15) is 0 Å². The molecule has 3 amide bonds. The minimum Gasteiger partial charge on any atom is -0.356 e. The first kappa shape index (κ1) is 13.3. The molecule has 0 radical (unpaired) electrons. The van der Waals surface area contributed by atoms with Crippen molar-refractivity contribution in [3.8, 4) is 0 Å². The summed E-state index contributed by atoms with van der Waals surface area (Å²) >= 11 is 0. The van der Waals surface area contributed by atoms with Crippen molar-refractivity contribution in [1.29, 1.82) is 0 Å². The Kier molecular flexibility index (Phi) is 3.94. The van der Waals surface area contributed by atoms with E-state index < -0.39 is 0 Å². The summed E-state index contributed by atoms with van der Waals surface area (Å²) in [6.07, 6.45) is 0.804. The number of imide groups is 1. The van der Waals surface area contributed by atoms with Gasteiger partial charge in [0.2, 0.25) is 5.91 Å². The van der Waals surface area contributed by atoms with Crippen molar-refractivity contribution in [1.82, 2.24) is 10.2 Å². The Hall–Kier alpha value is -2.17. The predicted octanol–water partition coefficient (Wildman–Crippen LogP) is 1.20. The van der Waals surface area contributed by atoms with Crippen LogP contribution in [0.4, 0.5) is 0 Å². The third-order valence-corrected chi connectivity index (χ3v) is 3.04. The normalized spacial score (nSPS) is 13.6. The Balaban J connectivity index is 1.95. The fourth-order valence-corrected chi connectivity index (χ4v) is 2.13. The molecule has 0 spiro atoms. The van der Waals surface area contributed by atoms with E-state index in [-0.39, 0.29) is 24.3 Å². The lowest BCUT2D eigenvalue weighted by molar-refractivity contribution is -0.121. The average molecular weight is 260 g/mol. The second-order valence-corrected chi connectivity index (χ2v) is 4.36. The summed E-state index contributed by atoms with van der Waals surface area (Å²) in [6, 6.07) is 6.78. The number of carbonyl (C=O) groups excluding carboxylic acids is 3. The molecular formula is C14H16N2O3. The maximum absolute atomic E-state index is 12.0. The summed E-state index contributed by atoms with van der Waals surface area (Å²) < 4.78 is 0. The van der Waals surface area contributed by atoms with Gasteiger partial charge in [-0.05, 0) is 25.5 Å². The summed E-state index contributed by atoms with van der Waals surface area (Å²) in [4.78, 5) is 36.5. The Bertz CT molecular complexity index is 490. The van der Waals surface area contributed by atoms with Crippen molar-refractivity contribution in [3.63, 3.8) is 0 Å². The molecule has 1 aliphatic heterocycles. The van der Waals surface area contributed by atoms with Crippen LogP contribution in [0.15, 0.2) is 24.3 Å². The van der Waals surface area contributed by atoms with E-state index in [1.54, 1.807) is 24.3 Å². The Labute approximate surface area is 111 Å². The van der Waals surface area contributed by atoms with Gasteiger partial charge in [0.25, 0.3) is 11.8 Å². The molecule has 0 aliphatic carbocycles. The molecule has 1 N–H and O–H groups in total. The minimum atomic E-state index is -0.267. The van der Waals surface area contributed by atoms with Gasteiger partial charge >= 0.3 is 0 Å². The van der Waals surface area contributed by atoms with Gasteiger partial charge in [-0.1, -0.05) is 12.1 Å². The molecule has 5 nitrogen and oxygen atoms in total. The molecule has 1 aromatic rings. The standard InChI is InChI=1S/C14H16N2O3/c1-2-15-12(17)8-5-9-16-13(18)10-6-3-4-7-11(10)14(16)19/h3-4,6-7H,2,5,8-9H2,1H3,(H,15,17). The van der Waals surface area contributed by atoms with Gasteiger partial charge < -0.3 is 5.32 Å². The van der Waals surface area contributed by atoms with E-state index in [9.17, 15) is 14.4 Å². The summed E-state index contributed by atoms with van der Waals surface area (Å²) in [5.74, 6) is -0.591. The van der Waals surface area contributed by atoms with E-state index in [1.807, 2.05) is 6.92 Å². The van der Waals surface area contributed by atoms with Crippen LogP contribution in [0.3, 0.4) is 0 Å². The van der Waals surface area contributed by atoms with Crippen LogP contribution < -0.4 is 5.32 Å². The first-order valence-corrected chi connectivity index (χ1v) is 6.37. The first-order valence-electron chi connectivity index (χ1n) is 6.37. The monoisotopic (exact) mass is 260 g/mol. The van der Waals surface area contributed by atoms with Crippen molar-refractivity contribution >= 4 is 17.7 Å². The van der Waals surface area contributed by atoms with E-state index in [0.717, 1.165) is 0 Å². The topological polar surface area (TPSA) is 66.5 Å². The van der Waals surface area contributed by atoms with Crippen molar-refractivity contribution in [2.24, 2.45) is 0 Å². The van der Waals surface area contributed by atoms with E-state index in [2.05, 4.69) is 5.32 Å². The van der Waals surface area contributed by atoms with Gasteiger partial charge in [-0.15, -0.1) is 0 Å². The number of amides is 3. The van der Waals surface area contributed by atoms with Crippen LogP contribution in [0.2, 0.25) is 0 Å². The van der Waals surface area contributed by atoms with Gasteiger partial charge in [0.15, 0.2) is 0 Å². The molecular weight excluding hydrogens is 244 g/mol. The Morgan fingerprint density at radius 3 is 2.26 bits per heavy atom. The van der Waals surface area contributed by atoms with Crippen molar-refractivity contribution < 1.29 is 14.4 Å². The highest BCUT2D eigenvalue weighted by Crippen LogP contribution is 2.22. The summed E-state index contributed by atoms with van der Waals surface area (Å²) in [6.45, 7) is 2.72. The lowest BCUT2D eigenvalue weighted by Gasteiger charge is -2.13. The van der Waals surface area contributed by atoms with Crippen molar-refractivity contribution in [2.45, 2.75) is 19.8 Å². The molecule has 1 heterocycles. The predicted molar refractivity (Wildman–Crippen MR) is 69.7 cm³/mol. The Morgan fingerprint density at radius 1 is 1.16 bits per heavy atom. The van der Waals surface area contributed by atoms with E-state index in [1.165, 1.54) is 4.90 Å². The van der Waals surface area contributed by atoms with Gasteiger partial charge in [0, 0.05) is 19.5 Å². The number of benzene rings is 1. The molecule has 5 heteroatoms. The summed E-state index contributed by atoms with van der Waals surface area (Å²) in [5.41, 5.74) is 0.899. The third kappa shape index (κ3) is 2.65.